The Kier molecular flexibility index (Phi) is 8.52. The summed E-state index contributed by atoms with van der Waals surface area (Å²) >= 11 is 3.44. The van der Waals surface area contributed by atoms with Crippen LogP contribution in [0.4, 0.5) is 4.39 Å². The van der Waals surface area contributed by atoms with E-state index in [0.29, 0.717) is 22.0 Å². The second-order valence-electron chi connectivity index (χ2n) is 7.51. The first-order valence-corrected chi connectivity index (χ1v) is 11.2. The lowest BCUT2D eigenvalue weighted by Crippen LogP contribution is -2.43. The van der Waals surface area contributed by atoms with Crippen LogP contribution in [0, 0.1) is 12.7 Å². The topological polar surface area (TPSA) is 78.4 Å². The zero-order chi connectivity index (χ0) is 23.8. The number of nitrogens with one attached hydrogen (secondary N) is 2. The van der Waals surface area contributed by atoms with E-state index in [9.17, 15) is 19.1 Å². The first-order valence-electron chi connectivity index (χ1n) is 10.4. The quantitative estimate of drug-likeness (QED) is 0.394. The molecule has 0 aliphatic rings. The summed E-state index contributed by atoms with van der Waals surface area (Å²) in [6.45, 7) is 1.34. The molecular formula is C26H24BrFN2O3. The van der Waals surface area contributed by atoms with Crippen molar-refractivity contribution in [2.75, 3.05) is 6.61 Å². The number of amides is 2. The fourth-order valence-electron chi connectivity index (χ4n) is 3.32. The van der Waals surface area contributed by atoms with Gasteiger partial charge >= 0.3 is 0 Å². The standard InChI is InChI=1S/C26H24BrFN2O3/c1-17-14-20(28)12-13-22(17)25(32)30-24(23(27)19-10-6-3-7-11-19)26(33)29-21(16-31)15-18-8-4-2-5-9-18/h2-14,21,31H,15-16H2,1H3,(H,29,33)(H,30,32)/b24-23-/t21-/m0/s1. The highest BCUT2D eigenvalue weighted by Gasteiger charge is 2.22. The lowest BCUT2D eigenvalue weighted by molar-refractivity contribution is -0.118. The van der Waals surface area contributed by atoms with Crippen LogP contribution in [-0.4, -0.2) is 29.6 Å². The molecule has 1 atom stereocenters. The van der Waals surface area contributed by atoms with Gasteiger partial charge in [0.15, 0.2) is 0 Å². The van der Waals surface area contributed by atoms with Crippen molar-refractivity contribution in [3.8, 4) is 0 Å². The summed E-state index contributed by atoms with van der Waals surface area (Å²) in [4.78, 5) is 26.2. The minimum atomic E-state index is -0.561. The summed E-state index contributed by atoms with van der Waals surface area (Å²) < 4.78 is 13.9. The molecule has 3 rings (SSSR count). The highest BCUT2D eigenvalue weighted by molar-refractivity contribution is 9.15. The van der Waals surface area contributed by atoms with E-state index in [4.69, 9.17) is 0 Å². The van der Waals surface area contributed by atoms with Gasteiger partial charge in [-0.2, -0.15) is 0 Å². The molecule has 0 spiro atoms. The first-order chi connectivity index (χ1) is 15.9. The van der Waals surface area contributed by atoms with Crippen LogP contribution < -0.4 is 10.6 Å². The zero-order valence-electron chi connectivity index (χ0n) is 18.0. The molecule has 170 valence electrons. The SMILES string of the molecule is Cc1cc(F)ccc1C(=O)N/C(C(=O)N[C@H](CO)Cc1ccccc1)=C(\Br)c1ccccc1. The van der Waals surface area contributed by atoms with E-state index in [1.165, 1.54) is 18.2 Å². The largest absolute Gasteiger partial charge is 0.394 e. The number of carbonyl (C=O) groups is 2. The average molecular weight is 511 g/mol. The summed E-state index contributed by atoms with van der Waals surface area (Å²) in [5.74, 6) is -1.56. The van der Waals surface area contributed by atoms with E-state index in [1.807, 2.05) is 48.5 Å². The van der Waals surface area contributed by atoms with Crippen LogP contribution in [0.25, 0.3) is 4.48 Å². The van der Waals surface area contributed by atoms with Gasteiger partial charge in [-0.15, -0.1) is 0 Å². The second-order valence-corrected chi connectivity index (χ2v) is 8.30. The lowest BCUT2D eigenvalue weighted by Gasteiger charge is -2.19. The van der Waals surface area contributed by atoms with Crippen molar-refractivity contribution < 1.29 is 19.1 Å². The predicted octanol–water partition coefficient (Wildman–Crippen LogP) is 4.35. The van der Waals surface area contributed by atoms with Crippen molar-refractivity contribution in [1.82, 2.24) is 10.6 Å². The number of halogens is 2. The molecule has 0 aromatic heterocycles. The molecule has 0 unspecified atom stereocenters. The normalized spacial score (nSPS) is 12.5. The molecule has 2 amide bonds. The first kappa shape index (κ1) is 24.4. The number of aliphatic hydroxyl groups is 1. The molecule has 7 heteroatoms. The van der Waals surface area contributed by atoms with E-state index >= 15 is 0 Å². The zero-order valence-corrected chi connectivity index (χ0v) is 19.6. The fraction of sp³-hybridized carbons (Fsp3) is 0.154. The second kappa shape index (κ2) is 11.5. The number of hydrogen-bond donors (Lipinski definition) is 3. The molecule has 3 aromatic rings. The average Bonchev–Trinajstić information content (AvgIpc) is 2.82. The van der Waals surface area contributed by atoms with Crippen LogP contribution in [0.5, 0.6) is 0 Å². The molecule has 0 saturated heterocycles. The van der Waals surface area contributed by atoms with Gasteiger partial charge < -0.3 is 15.7 Å². The van der Waals surface area contributed by atoms with E-state index in [0.717, 1.165) is 5.56 Å². The molecule has 3 aromatic carbocycles. The summed E-state index contributed by atoms with van der Waals surface area (Å²) in [5, 5.41) is 15.3. The van der Waals surface area contributed by atoms with Gasteiger partial charge in [0.2, 0.25) is 0 Å². The van der Waals surface area contributed by atoms with Crippen molar-refractivity contribution >= 4 is 32.2 Å². The third-order valence-electron chi connectivity index (χ3n) is 5.03. The Bertz CT molecular complexity index is 1150. The van der Waals surface area contributed by atoms with Crippen LogP contribution in [0.2, 0.25) is 0 Å². The number of aliphatic hydroxyl groups excluding tert-OH is 1. The smallest absolute Gasteiger partial charge is 0.269 e. The van der Waals surface area contributed by atoms with Crippen molar-refractivity contribution in [1.29, 1.82) is 0 Å². The minimum absolute atomic E-state index is 0.0126. The van der Waals surface area contributed by atoms with E-state index in [2.05, 4.69) is 26.6 Å². The van der Waals surface area contributed by atoms with Crippen molar-refractivity contribution in [3.05, 3.63) is 113 Å². The highest BCUT2D eigenvalue weighted by atomic mass is 79.9. The Morgan fingerprint density at radius 2 is 1.64 bits per heavy atom. The lowest BCUT2D eigenvalue weighted by atomic mass is 10.1. The Morgan fingerprint density at radius 3 is 2.24 bits per heavy atom. The molecule has 0 bridgehead atoms. The minimum Gasteiger partial charge on any atom is -0.394 e. The molecule has 0 aliphatic carbocycles. The van der Waals surface area contributed by atoms with E-state index in [-0.39, 0.29) is 17.9 Å². The maximum Gasteiger partial charge on any atom is 0.269 e. The van der Waals surface area contributed by atoms with Crippen LogP contribution in [0.1, 0.15) is 27.0 Å². The molecule has 3 N–H and O–H groups in total. The number of aryl methyl sites for hydroxylation is 1. The Hall–Kier alpha value is -3.29. The number of benzene rings is 3. The van der Waals surface area contributed by atoms with Gasteiger partial charge in [0.25, 0.3) is 11.8 Å². The Morgan fingerprint density at radius 1 is 1.00 bits per heavy atom. The summed E-state index contributed by atoms with van der Waals surface area (Å²) in [6, 6.07) is 21.8. The van der Waals surface area contributed by atoms with Gasteiger partial charge in [-0.05, 0) is 64.2 Å². The summed E-state index contributed by atoms with van der Waals surface area (Å²) in [7, 11) is 0. The number of rotatable bonds is 8. The summed E-state index contributed by atoms with van der Waals surface area (Å²) in [6.07, 6.45) is 0.421. The van der Waals surface area contributed by atoms with Gasteiger partial charge in [0, 0.05) is 5.56 Å². The third-order valence-corrected chi connectivity index (χ3v) is 5.88. The Labute approximate surface area is 200 Å². The Balaban J connectivity index is 1.89. The molecule has 0 aliphatic heterocycles. The molecule has 0 fully saturated rings. The van der Waals surface area contributed by atoms with Gasteiger partial charge in [0.1, 0.15) is 11.5 Å². The van der Waals surface area contributed by atoms with Crippen LogP contribution in [0.3, 0.4) is 0 Å². The van der Waals surface area contributed by atoms with Crippen LogP contribution in [0.15, 0.2) is 84.6 Å². The van der Waals surface area contributed by atoms with Crippen LogP contribution >= 0.6 is 15.9 Å². The molecule has 5 nitrogen and oxygen atoms in total. The van der Waals surface area contributed by atoms with Gasteiger partial charge in [-0.3, -0.25) is 9.59 Å². The highest BCUT2D eigenvalue weighted by Crippen LogP contribution is 2.25. The van der Waals surface area contributed by atoms with E-state index < -0.39 is 23.7 Å². The predicted molar refractivity (Wildman–Crippen MR) is 130 cm³/mol. The van der Waals surface area contributed by atoms with Crippen molar-refractivity contribution in [2.24, 2.45) is 0 Å². The van der Waals surface area contributed by atoms with Gasteiger partial charge in [-0.1, -0.05) is 60.7 Å². The van der Waals surface area contributed by atoms with Crippen LogP contribution in [-0.2, 0) is 11.2 Å². The number of carbonyl (C=O) groups excluding carboxylic acids is 2. The molecule has 0 saturated carbocycles. The van der Waals surface area contributed by atoms with Gasteiger partial charge in [0.05, 0.1) is 17.1 Å². The van der Waals surface area contributed by atoms with E-state index in [1.54, 1.807) is 19.1 Å². The third kappa shape index (κ3) is 6.60. The molecule has 33 heavy (non-hydrogen) atoms. The molecule has 0 radical (unpaired) electrons. The summed E-state index contributed by atoms with van der Waals surface area (Å²) in [5.41, 5.74) is 2.32. The maximum atomic E-state index is 13.5. The van der Waals surface area contributed by atoms with Gasteiger partial charge in [-0.25, -0.2) is 4.39 Å². The van der Waals surface area contributed by atoms with Crippen molar-refractivity contribution in [2.45, 2.75) is 19.4 Å². The number of hydrogen-bond acceptors (Lipinski definition) is 3. The monoisotopic (exact) mass is 510 g/mol. The molecule has 0 heterocycles. The maximum absolute atomic E-state index is 13.5. The fourth-order valence-corrected chi connectivity index (χ4v) is 3.86. The van der Waals surface area contributed by atoms with Crippen molar-refractivity contribution in [3.63, 3.8) is 0 Å². The molecular weight excluding hydrogens is 487 g/mol.